The fourth-order valence-corrected chi connectivity index (χ4v) is 3.91. The number of hydrogen-bond donors (Lipinski definition) is 0. The number of hydrogen-bond acceptors (Lipinski definition) is 8. The standard InChI is InChI=1S/C23H20N4O4S/c1-29-19-8-7-17(11-20(19)30-2)14-25-26-23-27(15-18-6-4-10-31-18)22(28)21(32-23)12-16-5-3-9-24-13-16/h3-14H,15H2,1-2H3/b21-12-,25-14+,26-23-. The minimum Gasteiger partial charge on any atom is -0.493 e. The highest BCUT2D eigenvalue weighted by Crippen LogP contribution is 2.34. The van der Waals surface area contributed by atoms with Gasteiger partial charge >= 0.3 is 0 Å². The Balaban J connectivity index is 1.60. The van der Waals surface area contributed by atoms with Gasteiger partial charge in [0.25, 0.3) is 5.91 Å². The zero-order chi connectivity index (χ0) is 22.3. The van der Waals surface area contributed by atoms with Gasteiger partial charge < -0.3 is 13.9 Å². The van der Waals surface area contributed by atoms with Gasteiger partial charge in [-0.05, 0) is 65.4 Å². The van der Waals surface area contributed by atoms with Crippen molar-refractivity contribution in [3.05, 3.63) is 82.9 Å². The normalized spacial score (nSPS) is 16.4. The maximum atomic E-state index is 13.0. The van der Waals surface area contributed by atoms with E-state index in [1.54, 1.807) is 63.4 Å². The highest BCUT2D eigenvalue weighted by molar-refractivity contribution is 8.18. The highest BCUT2D eigenvalue weighted by Gasteiger charge is 2.34. The minimum absolute atomic E-state index is 0.171. The molecular weight excluding hydrogens is 428 g/mol. The molecule has 1 aromatic carbocycles. The first-order valence-corrected chi connectivity index (χ1v) is 10.5. The topological polar surface area (TPSA) is 89.5 Å². The molecule has 0 radical (unpaired) electrons. The van der Waals surface area contributed by atoms with Gasteiger partial charge in [-0.2, -0.15) is 5.10 Å². The van der Waals surface area contributed by atoms with Crippen LogP contribution in [0.15, 0.2) is 80.6 Å². The van der Waals surface area contributed by atoms with Gasteiger partial charge in [0.1, 0.15) is 5.76 Å². The summed E-state index contributed by atoms with van der Waals surface area (Å²) < 4.78 is 16.0. The summed E-state index contributed by atoms with van der Waals surface area (Å²) in [6, 6.07) is 12.7. The molecule has 4 rings (SSSR count). The van der Waals surface area contributed by atoms with Crippen LogP contribution in [0.3, 0.4) is 0 Å². The van der Waals surface area contributed by atoms with Crippen molar-refractivity contribution in [2.45, 2.75) is 6.54 Å². The monoisotopic (exact) mass is 448 g/mol. The van der Waals surface area contributed by atoms with Gasteiger partial charge in [0.15, 0.2) is 16.7 Å². The lowest BCUT2D eigenvalue weighted by Crippen LogP contribution is -2.28. The number of aromatic nitrogens is 1. The molecule has 1 aliphatic heterocycles. The number of amides is 1. The maximum absolute atomic E-state index is 13.0. The van der Waals surface area contributed by atoms with E-state index in [1.165, 1.54) is 16.7 Å². The van der Waals surface area contributed by atoms with E-state index in [9.17, 15) is 4.79 Å². The van der Waals surface area contributed by atoms with Crippen molar-refractivity contribution in [1.29, 1.82) is 0 Å². The second kappa shape index (κ2) is 9.97. The van der Waals surface area contributed by atoms with Crippen molar-refractivity contribution in [3.63, 3.8) is 0 Å². The van der Waals surface area contributed by atoms with Gasteiger partial charge in [-0.1, -0.05) is 6.07 Å². The van der Waals surface area contributed by atoms with E-state index in [-0.39, 0.29) is 12.5 Å². The van der Waals surface area contributed by atoms with E-state index < -0.39 is 0 Å². The number of furan rings is 1. The summed E-state index contributed by atoms with van der Waals surface area (Å²) in [6.45, 7) is 0.258. The molecular formula is C23H20N4O4S. The number of ether oxygens (including phenoxy) is 2. The van der Waals surface area contributed by atoms with Crippen LogP contribution in [0.4, 0.5) is 0 Å². The molecule has 32 heavy (non-hydrogen) atoms. The Labute approximate surface area is 189 Å². The number of carbonyl (C=O) groups is 1. The van der Waals surface area contributed by atoms with E-state index >= 15 is 0 Å². The van der Waals surface area contributed by atoms with Crippen molar-refractivity contribution in [2.24, 2.45) is 10.2 Å². The average molecular weight is 449 g/mol. The van der Waals surface area contributed by atoms with Crippen LogP contribution < -0.4 is 9.47 Å². The summed E-state index contributed by atoms with van der Waals surface area (Å²) in [7, 11) is 3.15. The molecule has 0 atom stereocenters. The molecule has 9 heteroatoms. The Bertz CT molecular complexity index is 1170. The number of nitrogens with zero attached hydrogens (tertiary/aromatic N) is 4. The smallest absolute Gasteiger partial charge is 0.267 e. The van der Waals surface area contributed by atoms with Gasteiger partial charge in [0, 0.05) is 12.4 Å². The highest BCUT2D eigenvalue weighted by atomic mass is 32.2. The molecule has 1 fully saturated rings. The summed E-state index contributed by atoms with van der Waals surface area (Å²) in [5.74, 6) is 1.70. The number of amidine groups is 1. The van der Waals surface area contributed by atoms with Gasteiger partial charge in [-0.25, -0.2) is 0 Å². The molecule has 0 unspecified atom stereocenters. The Kier molecular flexibility index (Phi) is 6.66. The van der Waals surface area contributed by atoms with E-state index in [4.69, 9.17) is 13.9 Å². The Morgan fingerprint density at radius 3 is 2.72 bits per heavy atom. The lowest BCUT2D eigenvalue weighted by molar-refractivity contribution is -0.122. The zero-order valence-electron chi connectivity index (χ0n) is 17.5. The molecule has 3 heterocycles. The van der Waals surface area contributed by atoms with Crippen molar-refractivity contribution >= 4 is 35.1 Å². The van der Waals surface area contributed by atoms with Crippen LogP contribution in [0, 0.1) is 0 Å². The quantitative estimate of drug-likeness (QED) is 0.306. The number of carbonyl (C=O) groups excluding carboxylic acids is 1. The molecule has 0 bridgehead atoms. The van der Waals surface area contributed by atoms with Gasteiger partial charge in [-0.3, -0.25) is 14.7 Å². The Morgan fingerprint density at radius 2 is 2.00 bits per heavy atom. The number of rotatable bonds is 7. The summed E-state index contributed by atoms with van der Waals surface area (Å²) in [5, 5.41) is 8.95. The van der Waals surface area contributed by atoms with Crippen LogP contribution in [0.2, 0.25) is 0 Å². The average Bonchev–Trinajstić information content (AvgIpc) is 3.44. The largest absolute Gasteiger partial charge is 0.493 e. The molecule has 162 valence electrons. The number of benzene rings is 1. The molecule has 1 amide bonds. The van der Waals surface area contributed by atoms with Crippen LogP contribution in [0.25, 0.3) is 6.08 Å². The number of thioether (sulfide) groups is 1. The van der Waals surface area contributed by atoms with E-state index in [2.05, 4.69) is 15.2 Å². The molecule has 0 spiro atoms. The molecule has 0 N–H and O–H groups in total. The van der Waals surface area contributed by atoms with Crippen molar-refractivity contribution in [3.8, 4) is 11.5 Å². The van der Waals surface area contributed by atoms with Crippen LogP contribution >= 0.6 is 11.8 Å². The fourth-order valence-electron chi connectivity index (χ4n) is 2.97. The molecule has 0 aliphatic carbocycles. The fraction of sp³-hybridized carbons (Fsp3) is 0.130. The van der Waals surface area contributed by atoms with Crippen LogP contribution in [0.1, 0.15) is 16.9 Å². The van der Waals surface area contributed by atoms with E-state index in [0.717, 1.165) is 11.1 Å². The molecule has 1 aliphatic rings. The SMILES string of the molecule is COc1ccc(/C=N/N=C2\S/C(=C\c3cccnc3)C(=O)N2Cc2ccco2)cc1OC. The molecule has 8 nitrogen and oxygen atoms in total. The first kappa shape index (κ1) is 21.4. The maximum Gasteiger partial charge on any atom is 0.267 e. The van der Waals surface area contributed by atoms with Crippen molar-refractivity contribution in [1.82, 2.24) is 9.88 Å². The number of methoxy groups -OCH3 is 2. The van der Waals surface area contributed by atoms with Crippen molar-refractivity contribution < 1.29 is 18.7 Å². The second-order valence-electron chi connectivity index (χ2n) is 6.61. The van der Waals surface area contributed by atoms with Crippen LogP contribution in [-0.2, 0) is 11.3 Å². The number of pyridine rings is 1. The molecule has 1 saturated heterocycles. The summed E-state index contributed by atoms with van der Waals surface area (Å²) in [6.07, 6.45) is 8.33. The predicted molar refractivity (Wildman–Crippen MR) is 124 cm³/mol. The van der Waals surface area contributed by atoms with Crippen LogP contribution in [-0.4, -0.2) is 41.4 Å². The molecule has 2 aromatic heterocycles. The Hall–Kier alpha value is -3.85. The van der Waals surface area contributed by atoms with E-state index in [1.807, 2.05) is 24.3 Å². The van der Waals surface area contributed by atoms with Crippen LogP contribution in [0.5, 0.6) is 11.5 Å². The predicted octanol–water partition coefficient (Wildman–Crippen LogP) is 4.20. The first-order valence-electron chi connectivity index (χ1n) is 9.65. The third-order valence-corrected chi connectivity index (χ3v) is 5.52. The molecule has 0 saturated carbocycles. The zero-order valence-corrected chi connectivity index (χ0v) is 18.3. The Morgan fingerprint density at radius 1 is 1.12 bits per heavy atom. The third-order valence-electron chi connectivity index (χ3n) is 4.52. The van der Waals surface area contributed by atoms with Crippen molar-refractivity contribution in [2.75, 3.05) is 14.2 Å². The van der Waals surface area contributed by atoms with E-state index in [0.29, 0.717) is 27.3 Å². The van der Waals surface area contributed by atoms with Gasteiger partial charge in [0.05, 0.1) is 38.1 Å². The first-order chi connectivity index (χ1) is 15.7. The second-order valence-corrected chi connectivity index (χ2v) is 7.62. The minimum atomic E-state index is -0.171. The lowest BCUT2D eigenvalue weighted by atomic mass is 10.2. The lowest BCUT2D eigenvalue weighted by Gasteiger charge is -2.12. The van der Waals surface area contributed by atoms with Gasteiger partial charge in [-0.15, -0.1) is 5.10 Å². The third kappa shape index (κ3) is 4.89. The summed E-state index contributed by atoms with van der Waals surface area (Å²) in [5.41, 5.74) is 1.61. The summed E-state index contributed by atoms with van der Waals surface area (Å²) >= 11 is 1.25. The van der Waals surface area contributed by atoms with Gasteiger partial charge in [0.2, 0.25) is 0 Å². The molecule has 3 aromatic rings. The summed E-state index contributed by atoms with van der Waals surface area (Å²) in [4.78, 5) is 19.2.